The van der Waals surface area contributed by atoms with Gasteiger partial charge in [0, 0.05) is 10.7 Å². The van der Waals surface area contributed by atoms with Crippen molar-refractivity contribution >= 4 is 23.3 Å². The lowest BCUT2D eigenvalue weighted by atomic mass is 10.1. The molecule has 0 spiro atoms. The summed E-state index contributed by atoms with van der Waals surface area (Å²) >= 11 is 5.85. The molecular weight excluding hydrogens is 276 g/mol. The number of amides is 2. The minimum atomic E-state index is -0.449. The number of anilines is 1. The zero-order valence-corrected chi connectivity index (χ0v) is 11.5. The molecule has 2 aromatic rings. The van der Waals surface area contributed by atoms with Crippen LogP contribution in [0.4, 0.5) is 10.5 Å². The summed E-state index contributed by atoms with van der Waals surface area (Å²) in [6.45, 7) is -0.174. The van der Waals surface area contributed by atoms with Crippen molar-refractivity contribution in [2.24, 2.45) is 0 Å². The van der Waals surface area contributed by atoms with Gasteiger partial charge in [0.15, 0.2) is 0 Å². The molecule has 2 aromatic carbocycles. The maximum absolute atomic E-state index is 11.9. The lowest BCUT2D eigenvalue weighted by Crippen LogP contribution is -2.34. The van der Waals surface area contributed by atoms with Crippen LogP contribution in [0.5, 0.6) is 0 Å². The number of nitrogens with one attached hydrogen (secondary N) is 2. The molecule has 0 heterocycles. The number of urea groups is 1. The van der Waals surface area contributed by atoms with Crippen LogP contribution in [0, 0.1) is 0 Å². The van der Waals surface area contributed by atoms with Gasteiger partial charge in [0.1, 0.15) is 0 Å². The van der Waals surface area contributed by atoms with Gasteiger partial charge < -0.3 is 15.7 Å². The Labute approximate surface area is 122 Å². The Kier molecular flexibility index (Phi) is 4.98. The van der Waals surface area contributed by atoms with Crippen LogP contribution in [-0.4, -0.2) is 17.7 Å². The van der Waals surface area contributed by atoms with Gasteiger partial charge >= 0.3 is 6.03 Å². The molecular formula is C15H15ClN2O2. The molecule has 20 heavy (non-hydrogen) atoms. The molecule has 0 aromatic heterocycles. The average molecular weight is 291 g/mol. The normalized spacial score (nSPS) is 11.7. The van der Waals surface area contributed by atoms with E-state index in [1.807, 2.05) is 30.3 Å². The fourth-order valence-electron chi connectivity index (χ4n) is 1.81. The molecule has 4 nitrogen and oxygen atoms in total. The second-order valence-corrected chi connectivity index (χ2v) is 4.69. The first kappa shape index (κ1) is 14.4. The van der Waals surface area contributed by atoms with Gasteiger partial charge in [-0.2, -0.15) is 0 Å². The highest BCUT2D eigenvalue weighted by atomic mass is 35.5. The first-order valence-corrected chi connectivity index (χ1v) is 6.55. The van der Waals surface area contributed by atoms with E-state index in [9.17, 15) is 9.90 Å². The van der Waals surface area contributed by atoms with Gasteiger partial charge in [-0.25, -0.2) is 4.79 Å². The van der Waals surface area contributed by atoms with Crippen molar-refractivity contribution < 1.29 is 9.90 Å². The van der Waals surface area contributed by atoms with Gasteiger partial charge in [-0.1, -0.05) is 48.0 Å². The molecule has 0 fully saturated rings. The fourth-order valence-corrected chi connectivity index (χ4v) is 2.00. The van der Waals surface area contributed by atoms with Crippen LogP contribution in [0.15, 0.2) is 54.6 Å². The largest absolute Gasteiger partial charge is 0.394 e. The highest BCUT2D eigenvalue weighted by Crippen LogP contribution is 2.16. The van der Waals surface area contributed by atoms with Gasteiger partial charge in [-0.15, -0.1) is 0 Å². The number of carbonyl (C=O) groups is 1. The molecule has 5 heteroatoms. The monoisotopic (exact) mass is 290 g/mol. The Morgan fingerprint density at radius 2 is 1.90 bits per heavy atom. The minimum absolute atomic E-state index is 0.174. The van der Waals surface area contributed by atoms with E-state index in [2.05, 4.69) is 10.6 Å². The molecule has 0 radical (unpaired) electrons. The Balaban J connectivity index is 2.00. The van der Waals surface area contributed by atoms with Crippen LogP contribution in [0.1, 0.15) is 11.6 Å². The molecule has 0 aliphatic heterocycles. The number of aliphatic hydroxyl groups is 1. The summed E-state index contributed by atoms with van der Waals surface area (Å²) in [6, 6.07) is 15.3. The summed E-state index contributed by atoms with van der Waals surface area (Å²) in [7, 11) is 0. The van der Waals surface area contributed by atoms with Crippen molar-refractivity contribution in [2.75, 3.05) is 11.9 Å². The highest BCUT2D eigenvalue weighted by Gasteiger charge is 2.13. The molecule has 0 saturated carbocycles. The summed E-state index contributed by atoms with van der Waals surface area (Å²) in [6.07, 6.45) is 0. The first-order valence-electron chi connectivity index (χ1n) is 6.18. The highest BCUT2D eigenvalue weighted by molar-refractivity contribution is 6.30. The number of rotatable bonds is 4. The van der Waals surface area contributed by atoms with Crippen molar-refractivity contribution in [2.45, 2.75) is 6.04 Å². The summed E-state index contributed by atoms with van der Waals surface area (Å²) in [5.41, 5.74) is 1.44. The number of carbonyl (C=O) groups excluding carboxylic acids is 1. The summed E-state index contributed by atoms with van der Waals surface area (Å²) < 4.78 is 0. The van der Waals surface area contributed by atoms with E-state index in [0.29, 0.717) is 10.7 Å². The van der Waals surface area contributed by atoms with Crippen LogP contribution in [0.3, 0.4) is 0 Å². The number of aliphatic hydroxyl groups excluding tert-OH is 1. The van der Waals surface area contributed by atoms with Crippen molar-refractivity contribution in [3.8, 4) is 0 Å². The molecule has 2 rings (SSSR count). The van der Waals surface area contributed by atoms with Gasteiger partial charge in [0.25, 0.3) is 0 Å². The van der Waals surface area contributed by atoms with Crippen molar-refractivity contribution in [1.82, 2.24) is 5.32 Å². The van der Waals surface area contributed by atoms with Gasteiger partial charge in [-0.05, 0) is 23.8 Å². The van der Waals surface area contributed by atoms with Crippen LogP contribution >= 0.6 is 11.6 Å². The Bertz CT molecular complexity index is 575. The zero-order chi connectivity index (χ0) is 14.4. The van der Waals surface area contributed by atoms with E-state index >= 15 is 0 Å². The lowest BCUT2D eigenvalue weighted by Gasteiger charge is -2.17. The SMILES string of the molecule is O=C(Nc1cccc(Cl)c1)NC(CO)c1ccccc1. The molecule has 2 amide bonds. The summed E-state index contributed by atoms with van der Waals surface area (Å²) in [5, 5.41) is 15.3. The van der Waals surface area contributed by atoms with Crippen LogP contribution in [-0.2, 0) is 0 Å². The van der Waals surface area contributed by atoms with Gasteiger partial charge in [0.2, 0.25) is 0 Å². The third-order valence-electron chi connectivity index (χ3n) is 2.77. The Hall–Kier alpha value is -2.04. The van der Waals surface area contributed by atoms with Gasteiger partial charge in [-0.3, -0.25) is 0 Å². The number of halogens is 1. The fraction of sp³-hybridized carbons (Fsp3) is 0.133. The standard InChI is InChI=1S/C15H15ClN2O2/c16-12-7-4-8-13(9-12)17-15(20)18-14(10-19)11-5-2-1-3-6-11/h1-9,14,19H,10H2,(H2,17,18,20). The number of benzene rings is 2. The summed E-state index contributed by atoms with van der Waals surface area (Å²) in [5.74, 6) is 0. The van der Waals surface area contributed by atoms with E-state index in [0.717, 1.165) is 5.56 Å². The van der Waals surface area contributed by atoms with E-state index in [1.165, 1.54) is 0 Å². The van der Waals surface area contributed by atoms with E-state index < -0.39 is 12.1 Å². The third kappa shape index (κ3) is 3.98. The predicted molar refractivity (Wildman–Crippen MR) is 79.9 cm³/mol. The topological polar surface area (TPSA) is 61.4 Å². The Morgan fingerprint density at radius 1 is 1.15 bits per heavy atom. The maximum Gasteiger partial charge on any atom is 0.319 e. The zero-order valence-electron chi connectivity index (χ0n) is 10.7. The van der Waals surface area contributed by atoms with Crippen LogP contribution < -0.4 is 10.6 Å². The molecule has 1 unspecified atom stereocenters. The average Bonchev–Trinajstić information content (AvgIpc) is 2.45. The van der Waals surface area contributed by atoms with E-state index in [4.69, 9.17) is 11.6 Å². The summed E-state index contributed by atoms with van der Waals surface area (Å²) in [4.78, 5) is 11.9. The molecule has 0 bridgehead atoms. The predicted octanol–water partition coefficient (Wildman–Crippen LogP) is 3.20. The maximum atomic E-state index is 11.9. The van der Waals surface area contributed by atoms with Crippen LogP contribution in [0.25, 0.3) is 0 Å². The smallest absolute Gasteiger partial charge is 0.319 e. The van der Waals surface area contributed by atoms with E-state index in [-0.39, 0.29) is 6.61 Å². The van der Waals surface area contributed by atoms with Crippen molar-refractivity contribution in [3.05, 3.63) is 65.2 Å². The third-order valence-corrected chi connectivity index (χ3v) is 3.01. The molecule has 0 aliphatic rings. The van der Waals surface area contributed by atoms with Crippen LogP contribution in [0.2, 0.25) is 5.02 Å². The molecule has 3 N–H and O–H groups in total. The molecule has 0 saturated heterocycles. The molecule has 1 atom stereocenters. The minimum Gasteiger partial charge on any atom is -0.394 e. The van der Waals surface area contributed by atoms with E-state index in [1.54, 1.807) is 24.3 Å². The molecule has 104 valence electrons. The second-order valence-electron chi connectivity index (χ2n) is 4.25. The number of hydrogen-bond donors (Lipinski definition) is 3. The lowest BCUT2D eigenvalue weighted by molar-refractivity contribution is 0.225. The second kappa shape index (κ2) is 6.93. The first-order chi connectivity index (χ1) is 9.69. The van der Waals surface area contributed by atoms with Crippen molar-refractivity contribution in [1.29, 1.82) is 0 Å². The molecule has 0 aliphatic carbocycles. The quantitative estimate of drug-likeness (QED) is 0.810. The van der Waals surface area contributed by atoms with Crippen molar-refractivity contribution in [3.63, 3.8) is 0 Å². The Morgan fingerprint density at radius 3 is 2.55 bits per heavy atom. The number of hydrogen-bond acceptors (Lipinski definition) is 2. The van der Waals surface area contributed by atoms with Gasteiger partial charge in [0.05, 0.1) is 12.6 Å².